The fraction of sp³-hybridized carbons (Fsp3) is 0.200. The number of anilines is 1. The number of aliphatic hydroxyl groups is 1. The van der Waals surface area contributed by atoms with Crippen LogP contribution in [0.3, 0.4) is 0 Å². The number of rotatable bonds is 4. The molecule has 0 aliphatic rings. The van der Waals surface area contributed by atoms with Crippen molar-refractivity contribution < 1.29 is 19.8 Å². The van der Waals surface area contributed by atoms with E-state index in [0.717, 1.165) is 0 Å². The van der Waals surface area contributed by atoms with E-state index >= 15 is 0 Å². The van der Waals surface area contributed by atoms with E-state index in [1.807, 2.05) is 5.32 Å². The number of hydrogen-bond donors (Lipinski definition) is 4. The Balaban J connectivity index is 2.80. The number of halogens is 3. The molecule has 0 aromatic heterocycles. The van der Waals surface area contributed by atoms with Gasteiger partial charge in [0.05, 0.1) is 22.3 Å². The number of hydrogen-bond acceptors (Lipinski definition) is 3. The van der Waals surface area contributed by atoms with Crippen LogP contribution in [0.4, 0.5) is 10.5 Å². The quantitative estimate of drug-likeness (QED) is 0.681. The molecule has 0 fully saturated rings. The van der Waals surface area contributed by atoms with Gasteiger partial charge in [0.25, 0.3) is 0 Å². The van der Waals surface area contributed by atoms with E-state index in [1.54, 1.807) is 0 Å². The molecule has 0 saturated carbocycles. The summed E-state index contributed by atoms with van der Waals surface area (Å²) < 4.78 is 0. The highest BCUT2D eigenvalue weighted by molar-refractivity contribution is 6.42. The van der Waals surface area contributed by atoms with Crippen LogP contribution >= 0.6 is 34.8 Å². The van der Waals surface area contributed by atoms with Crippen molar-refractivity contribution in [1.82, 2.24) is 5.32 Å². The highest BCUT2D eigenvalue weighted by Crippen LogP contribution is 2.33. The summed E-state index contributed by atoms with van der Waals surface area (Å²) in [4.78, 5) is 22.2. The molecule has 0 saturated heterocycles. The fourth-order valence-electron chi connectivity index (χ4n) is 1.15. The van der Waals surface area contributed by atoms with Crippen LogP contribution in [0.2, 0.25) is 15.1 Å². The zero-order chi connectivity index (χ0) is 14.6. The molecule has 4 N–H and O–H groups in total. The average Bonchev–Trinajstić information content (AvgIpc) is 2.30. The molecule has 0 aliphatic carbocycles. The number of urea groups is 1. The maximum absolute atomic E-state index is 11.5. The predicted octanol–water partition coefficient (Wildman–Crippen LogP) is 2.21. The molecular weight excluding hydrogens is 318 g/mol. The number of carboxylic acids is 1. The highest BCUT2D eigenvalue weighted by Gasteiger charge is 2.19. The lowest BCUT2D eigenvalue weighted by atomic mass is 10.3. The van der Waals surface area contributed by atoms with Crippen molar-refractivity contribution in [1.29, 1.82) is 0 Å². The number of carbonyl (C=O) groups is 2. The number of carboxylic acid groups (broad SMARTS) is 1. The van der Waals surface area contributed by atoms with Gasteiger partial charge in [0.2, 0.25) is 0 Å². The molecule has 0 heterocycles. The summed E-state index contributed by atoms with van der Waals surface area (Å²) in [7, 11) is 0. The molecular formula is C10H9Cl3N2O4. The summed E-state index contributed by atoms with van der Waals surface area (Å²) in [5.41, 5.74) is 0.0901. The van der Waals surface area contributed by atoms with Crippen molar-refractivity contribution in [3.8, 4) is 0 Å². The molecule has 1 aromatic rings. The average molecular weight is 328 g/mol. The van der Waals surface area contributed by atoms with Crippen LogP contribution in [0.5, 0.6) is 0 Å². The third-order valence-electron chi connectivity index (χ3n) is 2.03. The van der Waals surface area contributed by atoms with Gasteiger partial charge >= 0.3 is 12.0 Å². The van der Waals surface area contributed by atoms with E-state index < -0.39 is 24.6 Å². The van der Waals surface area contributed by atoms with Gasteiger partial charge in [0.15, 0.2) is 6.04 Å². The minimum atomic E-state index is -1.43. The molecule has 6 nitrogen and oxygen atoms in total. The van der Waals surface area contributed by atoms with Crippen molar-refractivity contribution in [2.45, 2.75) is 6.04 Å². The van der Waals surface area contributed by atoms with Gasteiger partial charge in [-0.25, -0.2) is 9.59 Å². The Bertz CT molecular complexity index is 487. The van der Waals surface area contributed by atoms with Crippen LogP contribution in [0.25, 0.3) is 0 Å². The van der Waals surface area contributed by atoms with Gasteiger partial charge in [-0.05, 0) is 12.1 Å². The number of amides is 2. The zero-order valence-corrected chi connectivity index (χ0v) is 11.6. The van der Waals surface area contributed by atoms with Crippen LogP contribution in [-0.2, 0) is 4.79 Å². The summed E-state index contributed by atoms with van der Waals surface area (Å²) in [6, 6.07) is 0.439. The van der Waals surface area contributed by atoms with Gasteiger partial charge < -0.3 is 20.8 Å². The van der Waals surface area contributed by atoms with Crippen LogP contribution in [0.1, 0.15) is 0 Å². The van der Waals surface area contributed by atoms with E-state index in [0.29, 0.717) is 5.02 Å². The molecule has 1 atom stereocenters. The van der Waals surface area contributed by atoms with Gasteiger partial charge in [-0.2, -0.15) is 0 Å². The summed E-state index contributed by atoms with van der Waals surface area (Å²) in [5.74, 6) is -1.37. The van der Waals surface area contributed by atoms with E-state index in [2.05, 4.69) is 5.32 Å². The molecule has 0 aliphatic heterocycles. The topological polar surface area (TPSA) is 98.7 Å². The summed E-state index contributed by atoms with van der Waals surface area (Å²) in [6.07, 6.45) is 0. The number of aliphatic carboxylic acids is 1. The van der Waals surface area contributed by atoms with E-state index in [-0.39, 0.29) is 15.7 Å². The van der Waals surface area contributed by atoms with Gasteiger partial charge in [-0.1, -0.05) is 34.8 Å². The van der Waals surface area contributed by atoms with Crippen LogP contribution in [0, 0.1) is 0 Å². The van der Waals surface area contributed by atoms with Crippen molar-refractivity contribution in [2.75, 3.05) is 11.9 Å². The standard InChI is InChI=1S/C10H9Cl3N2O4/c11-4-1-5(12)8(6(13)2-4)15-10(19)14-7(3-16)9(17)18/h1-2,7,16H,3H2,(H,17,18)(H2,14,15,19)/t7-/m0/s1. The Morgan fingerprint density at radius 2 is 1.74 bits per heavy atom. The van der Waals surface area contributed by atoms with Crippen molar-refractivity contribution >= 4 is 52.5 Å². The molecule has 1 aromatic carbocycles. The molecule has 0 radical (unpaired) electrons. The number of nitrogens with one attached hydrogen (secondary N) is 2. The lowest BCUT2D eigenvalue weighted by Gasteiger charge is -2.14. The van der Waals surface area contributed by atoms with E-state index in [9.17, 15) is 9.59 Å². The third-order valence-corrected chi connectivity index (χ3v) is 2.85. The molecule has 9 heteroatoms. The van der Waals surface area contributed by atoms with Gasteiger partial charge in [-0.3, -0.25) is 0 Å². The number of aliphatic hydroxyl groups excluding tert-OH is 1. The van der Waals surface area contributed by atoms with Gasteiger partial charge in [-0.15, -0.1) is 0 Å². The normalized spacial score (nSPS) is 11.8. The first-order chi connectivity index (χ1) is 8.85. The fourth-order valence-corrected chi connectivity index (χ4v) is 2.07. The first kappa shape index (κ1) is 15.8. The van der Waals surface area contributed by atoms with Crippen LogP contribution in [-0.4, -0.2) is 34.9 Å². The molecule has 1 rings (SSSR count). The lowest BCUT2D eigenvalue weighted by molar-refractivity contribution is -0.140. The van der Waals surface area contributed by atoms with Crippen molar-refractivity contribution in [3.63, 3.8) is 0 Å². The lowest BCUT2D eigenvalue weighted by Crippen LogP contribution is -2.45. The van der Waals surface area contributed by atoms with Crippen LogP contribution < -0.4 is 10.6 Å². The molecule has 0 unspecified atom stereocenters. The second-order valence-electron chi connectivity index (χ2n) is 3.42. The van der Waals surface area contributed by atoms with Crippen molar-refractivity contribution in [3.05, 3.63) is 27.2 Å². The zero-order valence-electron chi connectivity index (χ0n) is 9.28. The second-order valence-corrected chi connectivity index (χ2v) is 4.67. The van der Waals surface area contributed by atoms with E-state index in [4.69, 9.17) is 45.0 Å². The Morgan fingerprint density at radius 1 is 1.21 bits per heavy atom. The molecule has 0 bridgehead atoms. The first-order valence-corrected chi connectivity index (χ1v) is 6.04. The minimum absolute atomic E-state index is 0.0901. The van der Waals surface area contributed by atoms with Crippen LogP contribution in [0.15, 0.2) is 12.1 Å². The number of carbonyl (C=O) groups excluding carboxylic acids is 1. The minimum Gasteiger partial charge on any atom is -0.480 e. The largest absolute Gasteiger partial charge is 0.480 e. The Labute approximate surface area is 123 Å². The monoisotopic (exact) mass is 326 g/mol. The molecule has 104 valence electrons. The molecule has 0 spiro atoms. The van der Waals surface area contributed by atoms with Gasteiger partial charge in [0.1, 0.15) is 0 Å². The highest BCUT2D eigenvalue weighted by atomic mass is 35.5. The smallest absolute Gasteiger partial charge is 0.328 e. The molecule has 2 amide bonds. The van der Waals surface area contributed by atoms with E-state index in [1.165, 1.54) is 12.1 Å². The summed E-state index contributed by atoms with van der Waals surface area (Å²) in [6.45, 7) is -0.745. The van der Waals surface area contributed by atoms with Crippen molar-refractivity contribution in [2.24, 2.45) is 0 Å². The Kier molecular flexibility index (Phi) is 5.68. The Morgan fingerprint density at radius 3 is 2.16 bits per heavy atom. The predicted molar refractivity (Wildman–Crippen MR) is 72.1 cm³/mol. The summed E-state index contributed by atoms with van der Waals surface area (Å²) in [5, 5.41) is 22.2. The Hall–Kier alpha value is -1.21. The summed E-state index contributed by atoms with van der Waals surface area (Å²) >= 11 is 17.4. The second kappa shape index (κ2) is 6.81. The number of benzene rings is 1. The third kappa shape index (κ3) is 4.43. The maximum Gasteiger partial charge on any atom is 0.328 e. The SMILES string of the molecule is O=C(Nc1c(Cl)cc(Cl)cc1Cl)N[C@@H](CO)C(=O)O. The first-order valence-electron chi connectivity index (χ1n) is 4.91. The molecule has 19 heavy (non-hydrogen) atoms. The van der Waals surface area contributed by atoms with Gasteiger partial charge in [0, 0.05) is 5.02 Å². The maximum atomic E-state index is 11.5.